The van der Waals surface area contributed by atoms with Gasteiger partial charge in [0.05, 0.1) is 12.7 Å². The van der Waals surface area contributed by atoms with Gasteiger partial charge in [0.25, 0.3) is 0 Å². The molecule has 1 unspecified atom stereocenters. The summed E-state index contributed by atoms with van der Waals surface area (Å²) in [5, 5.41) is 0. The fourth-order valence-corrected chi connectivity index (χ4v) is 2.42. The lowest BCUT2D eigenvalue weighted by Crippen LogP contribution is -2.42. The molecule has 1 saturated carbocycles. The number of hydrogen-bond donors (Lipinski definition) is 1. The quantitative estimate of drug-likeness (QED) is 0.702. The Bertz CT molecular complexity index is 206. The Hall–Kier alpha value is -0.340. The van der Waals surface area contributed by atoms with E-state index in [-0.39, 0.29) is 5.54 Å². The predicted molar refractivity (Wildman–Crippen MR) is 58.1 cm³/mol. The first-order valence-electron chi connectivity index (χ1n) is 5.86. The Morgan fingerprint density at radius 3 is 2.71 bits per heavy atom. The third kappa shape index (κ3) is 2.58. The Balaban J connectivity index is 1.75. The van der Waals surface area contributed by atoms with E-state index >= 15 is 0 Å². The minimum atomic E-state index is -0.00864. The average Bonchev–Trinajstić information content (AvgIpc) is 2.65. The van der Waals surface area contributed by atoms with E-state index in [1.54, 1.807) is 0 Å². The van der Waals surface area contributed by atoms with E-state index in [2.05, 4.69) is 12.2 Å². The molecule has 0 aliphatic heterocycles. The van der Waals surface area contributed by atoms with Crippen LogP contribution in [-0.2, 0) is 4.74 Å². The minimum Gasteiger partial charge on any atom is -0.372 e. The van der Waals surface area contributed by atoms with Gasteiger partial charge >= 0.3 is 0 Å². The maximum atomic E-state index is 6.23. The van der Waals surface area contributed by atoms with Gasteiger partial charge in [0.1, 0.15) is 0 Å². The van der Waals surface area contributed by atoms with Gasteiger partial charge in [-0.05, 0) is 32.1 Å². The molecule has 80 valence electrons. The molecule has 0 heterocycles. The molecule has 0 saturated heterocycles. The molecule has 0 radical (unpaired) electrons. The van der Waals surface area contributed by atoms with E-state index < -0.39 is 0 Å². The summed E-state index contributed by atoms with van der Waals surface area (Å²) in [5.41, 5.74) is 6.22. The van der Waals surface area contributed by atoms with Crippen LogP contribution in [0, 0.1) is 0 Å². The highest BCUT2D eigenvalue weighted by Crippen LogP contribution is 2.28. The van der Waals surface area contributed by atoms with Gasteiger partial charge < -0.3 is 10.5 Å². The normalized spacial score (nSPS) is 30.8. The monoisotopic (exact) mass is 195 g/mol. The number of hydrogen-bond acceptors (Lipinski definition) is 2. The first-order valence-corrected chi connectivity index (χ1v) is 5.86. The Morgan fingerprint density at radius 2 is 2.07 bits per heavy atom. The van der Waals surface area contributed by atoms with Crippen molar-refractivity contribution >= 4 is 0 Å². The van der Waals surface area contributed by atoms with Crippen molar-refractivity contribution in [3.63, 3.8) is 0 Å². The maximum absolute atomic E-state index is 6.23. The highest BCUT2D eigenvalue weighted by Gasteiger charge is 2.30. The van der Waals surface area contributed by atoms with Crippen LogP contribution in [0.4, 0.5) is 0 Å². The van der Waals surface area contributed by atoms with Crippen LogP contribution < -0.4 is 5.73 Å². The van der Waals surface area contributed by atoms with Crippen LogP contribution >= 0.6 is 0 Å². The van der Waals surface area contributed by atoms with Crippen LogP contribution in [0.3, 0.4) is 0 Å². The van der Waals surface area contributed by atoms with Crippen LogP contribution in [0.2, 0.25) is 0 Å². The second-order valence-corrected chi connectivity index (χ2v) is 4.78. The van der Waals surface area contributed by atoms with Gasteiger partial charge in [0.15, 0.2) is 0 Å². The van der Waals surface area contributed by atoms with Crippen LogP contribution in [0.1, 0.15) is 44.9 Å². The standard InChI is InChI=1S/C12H21NO/c13-12(8-4-5-9-12)10-14-11-6-2-1-3-7-11/h2,6,11H,1,3-5,7-10,13H2. The third-order valence-electron chi connectivity index (χ3n) is 3.39. The molecule has 14 heavy (non-hydrogen) atoms. The lowest BCUT2D eigenvalue weighted by Gasteiger charge is -2.26. The molecule has 1 fully saturated rings. The molecular formula is C12H21NO. The van der Waals surface area contributed by atoms with Gasteiger partial charge in [-0.3, -0.25) is 0 Å². The minimum absolute atomic E-state index is 0.00864. The molecule has 0 aromatic heterocycles. The highest BCUT2D eigenvalue weighted by atomic mass is 16.5. The molecule has 2 N–H and O–H groups in total. The van der Waals surface area contributed by atoms with E-state index in [9.17, 15) is 0 Å². The summed E-state index contributed by atoms with van der Waals surface area (Å²) in [6, 6.07) is 0. The topological polar surface area (TPSA) is 35.2 Å². The summed E-state index contributed by atoms with van der Waals surface area (Å²) in [7, 11) is 0. The Labute approximate surface area is 86.5 Å². The predicted octanol–water partition coefficient (Wildman–Crippen LogP) is 2.38. The van der Waals surface area contributed by atoms with Crippen LogP contribution in [0.5, 0.6) is 0 Å². The van der Waals surface area contributed by atoms with Crippen molar-refractivity contribution in [1.82, 2.24) is 0 Å². The summed E-state index contributed by atoms with van der Waals surface area (Å²) in [5.74, 6) is 0. The number of allylic oxidation sites excluding steroid dienone is 1. The molecule has 0 amide bonds. The fraction of sp³-hybridized carbons (Fsp3) is 0.833. The van der Waals surface area contributed by atoms with Crippen LogP contribution in [-0.4, -0.2) is 18.2 Å². The average molecular weight is 195 g/mol. The first kappa shape index (κ1) is 10.2. The van der Waals surface area contributed by atoms with Gasteiger partial charge in [0, 0.05) is 5.54 Å². The first-order chi connectivity index (χ1) is 6.79. The number of nitrogens with two attached hydrogens (primary N) is 1. The van der Waals surface area contributed by atoms with Crippen molar-refractivity contribution in [3.8, 4) is 0 Å². The SMILES string of the molecule is NC1(COC2C=CCCC2)CCCC1. The van der Waals surface area contributed by atoms with Crippen molar-refractivity contribution < 1.29 is 4.74 Å². The molecule has 2 aliphatic rings. The fourth-order valence-electron chi connectivity index (χ4n) is 2.42. The molecule has 0 aromatic rings. The van der Waals surface area contributed by atoms with Gasteiger partial charge in [-0.25, -0.2) is 0 Å². The Kier molecular flexibility index (Phi) is 3.24. The van der Waals surface area contributed by atoms with Gasteiger partial charge in [-0.15, -0.1) is 0 Å². The summed E-state index contributed by atoms with van der Waals surface area (Å²) >= 11 is 0. The van der Waals surface area contributed by atoms with Crippen molar-refractivity contribution in [2.24, 2.45) is 5.73 Å². The molecule has 1 atom stereocenters. The van der Waals surface area contributed by atoms with Crippen LogP contribution in [0.15, 0.2) is 12.2 Å². The number of ether oxygens (including phenoxy) is 1. The van der Waals surface area contributed by atoms with Crippen molar-refractivity contribution in [1.29, 1.82) is 0 Å². The lowest BCUT2D eigenvalue weighted by molar-refractivity contribution is 0.0395. The second-order valence-electron chi connectivity index (χ2n) is 4.78. The summed E-state index contributed by atoms with van der Waals surface area (Å²) < 4.78 is 5.86. The molecule has 2 heteroatoms. The molecular weight excluding hydrogens is 174 g/mol. The van der Waals surface area contributed by atoms with E-state index in [1.165, 1.54) is 32.1 Å². The zero-order valence-corrected chi connectivity index (χ0v) is 8.87. The van der Waals surface area contributed by atoms with Crippen molar-refractivity contribution in [2.75, 3.05) is 6.61 Å². The summed E-state index contributed by atoms with van der Waals surface area (Å²) in [6.07, 6.45) is 13.3. The highest BCUT2D eigenvalue weighted by molar-refractivity contribution is 4.96. The largest absolute Gasteiger partial charge is 0.372 e. The molecule has 2 nitrogen and oxygen atoms in total. The zero-order chi connectivity index (χ0) is 9.86. The molecule has 2 rings (SSSR count). The summed E-state index contributed by atoms with van der Waals surface area (Å²) in [6.45, 7) is 0.752. The van der Waals surface area contributed by atoms with Gasteiger partial charge in [0.2, 0.25) is 0 Å². The van der Waals surface area contributed by atoms with Crippen molar-refractivity contribution in [2.45, 2.75) is 56.6 Å². The van der Waals surface area contributed by atoms with Crippen molar-refractivity contribution in [3.05, 3.63) is 12.2 Å². The molecule has 0 aromatic carbocycles. The smallest absolute Gasteiger partial charge is 0.0756 e. The zero-order valence-electron chi connectivity index (χ0n) is 8.87. The van der Waals surface area contributed by atoms with Gasteiger partial charge in [-0.1, -0.05) is 25.0 Å². The van der Waals surface area contributed by atoms with Gasteiger partial charge in [-0.2, -0.15) is 0 Å². The maximum Gasteiger partial charge on any atom is 0.0756 e. The van der Waals surface area contributed by atoms with Crippen LogP contribution in [0.25, 0.3) is 0 Å². The van der Waals surface area contributed by atoms with E-state index in [0.717, 1.165) is 19.4 Å². The van der Waals surface area contributed by atoms with E-state index in [1.807, 2.05) is 0 Å². The molecule has 0 spiro atoms. The molecule has 0 bridgehead atoms. The number of rotatable bonds is 3. The van der Waals surface area contributed by atoms with E-state index in [4.69, 9.17) is 10.5 Å². The lowest BCUT2D eigenvalue weighted by atomic mass is 10.00. The Morgan fingerprint density at radius 1 is 1.29 bits per heavy atom. The van der Waals surface area contributed by atoms with E-state index in [0.29, 0.717) is 6.10 Å². The molecule has 2 aliphatic carbocycles. The second kappa shape index (κ2) is 4.45. The third-order valence-corrected chi connectivity index (χ3v) is 3.39. The summed E-state index contributed by atoms with van der Waals surface area (Å²) in [4.78, 5) is 0.